The average Bonchev–Trinajstić information content (AvgIpc) is 2.88. The van der Waals surface area contributed by atoms with E-state index in [-0.39, 0.29) is 5.91 Å². The first kappa shape index (κ1) is 13.7. The molecule has 2 rings (SSSR count). The fourth-order valence-electron chi connectivity index (χ4n) is 2.92. The molecule has 3 N–H and O–H groups in total. The third-order valence-corrected chi connectivity index (χ3v) is 4.65. The zero-order valence-corrected chi connectivity index (χ0v) is 11.6. The molecule has 2 fully saturated rings. The molecule has 0 unspecified atom stereocenters. The first-order valence-electron chi connectivity index (χ1n) is 6.81. The predicted molar refractivity (Wildman–Crippen MR) is 74.2 cm³/mol. The number of amides is 1. The van der Waals surface area contributed by atoms with Crippen LogP contribution in [0.25, 0.3) is 0 Å². The van der Waals surface area contributed by atoms with Gasteiger partial charge >= 0.3 is 0 Å². The molecule has 2 aliphatic rings. The summed E-state index contributed by atoms with van der Waals surface area (Å²) in [5.74, 6) is 0.575. The highest BCUT2D eigenvalue weighted by molar-refractivity contribution is 7.80. The van der Waals surface area contributed by atoms with Crippen molar-refractivity contribution >= 4 is 23.1 Å². The predicted octanol–water partition coefficient (Wildman–Crippen LogP) is 1.38. The lowest BCUT2D eigenvalue weighted by Crippen LogP contribution is -2.48. The third-order valence-electron chi connectivity index (χ3n) is 4.26. The minimum Gasteiger partial charge on any atom is -0.392 e. The van der Waals surface area contributed by atoms with Crippen LogP contribution in [0.1, 0.15) is 38.5 Å². The van der Waals surface area contributed by atoms with Gasteiger partial charge in [0.1, 0.15) is 0 Å². The Balaban J connectivity index is 1.87. The highest BCUT2D eigenvalue weighted by Crippen LogP contribution is 2.38. The van der Waals surface area contributed by atoms with Crippen LogP contribution in [0, 0.1) is 11.3 Å². The van der Waals surface area contributed by atoms with Crippen LogP contribution in [-0.2, 0) is 9.53 Å². The van der Waals surface area contributed by atoms with E-state index in [9.17, 15) is 4.79 Å². The second-order valence-corrected chi connectivity index (χ2v) is 5.86. The van der Waals surface area contributed by atoms with Crippen molar-refractivity contribution in [2.45, 2.75) is 38.5 Å². The van der Waals surface area contributed by atoms with Crippen molar-refractivity contribution in [3.05, 3.63) is 0 Å². The lowest BCUT2D eigenvalue weighted by Gasteiger charge is -2.28. The van der Waals surface area contributed by atoms with E-state index in [4.69, 9.17) is 22.7 Å². The maximum atomic E-state index is 12.3. The number of hydrogen-bond donors (Lipinski definition) is 2. The van der Waals surface area contributed by atoms with Gasteiger partial charge in [-0.1, -0.05) is 25.1 Å². The molecule has 0 spiro atoms. The van der Waals surface area contributed by atoms with Gasteiger partial charge in [-0.2, -0.15) is 0 Å². The molecular formula is C13H22N2O2S. The summed E-state index contributed by atoms with van der Waals surface area (Å²) in [6.45, 7) is 2.34. The second-order valence-electron chi connectivity index (χ2n) is 5.42. The van der Waals surface area contributed by atoms with Crippen LogP contribution >= 0.6 is 12.2 Å². The molecule has 1 heterocycles. The molecule has 0 bridgehead atoms. The van der Waals surface area contributed by atoms with E-state index < -0.39 is 5.41 Å². The Morgan fingerprint density at radius 2 is 1.94 bits per heavy atom. The van der Waals surface area contributed by atoms with Crippen LogP contribution in [0.3, 0.4) is 0 Å². The van der Waals surface area contributed by atoms with Crippen molar-refractivity contribution in [1.29, 1.82) is 0 Å². The third kappa shape index (κ3) is 2.83. The second kappa shape index (κ2) is 5.97. The van der Waals surface area contributed by atoms with Crippen LogP contribution < -0.4 is 11.1 Å². The highest BCUT2D eigenvalue weighted by Gasteiger charge is 2.43. The van der Waals surface area contributed by atoms with Crippen molar-refractivity contribution in [2.24, 2.45) is 17.1 Å². The van der Waals surface area contributed by atoms with Crippen LogP contribution in [0.15, 0.2) is 0 Å². The van der Waals surface area contributed by atoms with E-state index >= 15 is 0 Å². The van der Waals surface area contributed by atoms with Crippen molar-refractivity contribution < 1.29 is 9.53 Å². The minimum absolute atomic E-state index is 0.0407. The monoisotopic (exact) mass is 270 g/mol. The lowest BCUT2D eigenvalue weighted by atomic mass is 9.85. The molecule has 1 saturated heterocycles. The molecule has 0 atom stereocenters. The average molecular weight is 270 g/mol. The standard InChI is InChI=1S/C13H22N2O2S/c14-11(18)13(5-1-2-6-13)12(16)15-9-10-3-7-17-8-4-10/h10H,1-9H2,(H2,14,18)(H,15,16). The van der Waals surface area contributed by atoms with Crippen molar-refractivity contribution in [1.82, 2.24) is 5.32 Å². The number of hydrogen-bond acceptors (Lipinski definition) is 3. The number of thiocarbonyl (C=S) groups is 1. The largest absolute Gasteiger partial charge is 0.392 e. The summed E-state index contributed by atoms with van der Waals surface area (Å²) in [5.41, 5.74) is 5.22. The van der Waals surface area contributed by atoms with Crippen LogP contribution in [0.4, 0.5) is 0 Å². The van der Waals surface area contributed by atoms with Crippen molar-refractivity contribution in [3.63, 3.8) is 0 Å². The molecule has 18 heavy (non-hydrogen) atoms. The van der Waals surface area contributed by atoms with E-state index in [1.54, 1.807) is 0 Å². The number of rotatable bonds is 4. The molecule has 0 aromatic carbocycles. The van der Waals surface area contributed by atoms with Gasteiger partial charge < -0.3 is 15.8 Å². The van der Waals surface area contributed by atoms with Gasteiger partial charge in [0.2, 0.25) is 5.91 Å². The van der Waals surface area contributed by atoms with E-state index in [1.807, 2.05) is 0 Å². The van der Waals surface area contributed by atoms with Crippen LogP contribution in [0.5, 0.6) is 0 Å². The van der Waals surface area contributed by atoms with Gasteiger partial charge in [-0.15, -0.1) is 0 Å². The minimum atomic E-state index is -0.569. The fourth-order valence-corrected chi connectivity index (χ4v) is 3.22. The normalized spacial score (nSPS) is 23.8. The van der Waals surface area contributed by atoms with Gasteiger partial charge in [-0.3, -0.25) is 4.79 Å². The molecule has 1 aliphatic heterocycles. The fraction of sp³-hybridized carbons (Fsp3) is 0.846. The molecule has 102 valence electrons. The maximum absolute atomic E-state index is 12.3. The molecule has 1 aliphatic carbocycles. The Hall–Kier alpha value is -0.680. The Bertz CT molecular complexity index is 321. The molecule has 1 amide bonds. The summed E-state index contributed by atoms with van der Waals surface area (Å²) < 4.78 is 5.31. The number of carbonyl (C=O) groups excluding carboxylic acids is 1. The van der Waals surface area contributed by atoms with E-state index in [1.165, 1.54) is 0 Å². The summed E-state index contributed by atoms with van der Waals surface area (Å²) in [5, 5.41) is 3.05. The van der Waals surface area contributed by atoms with Gasteiger partial charge in [0.25, 0.3) is 0 Å². The number of nitrogens with one attached hydrogen (secondary N) is 1. The molecule has 4 nitrogen and oxygen atoms in total. The Morgan fingerprint density at radius 3 is 2.50 bits per heavy atom. The van der Waals surface area contributed by atoms with Gasteiger partial charge in [0.15, 0.2) is 0 Å². The molecule has 1 saturated carbocycles. The lowest BCUT2D eigenvalue weighted by molar-refractivity contribution is -0.127. The Morgan fingerprint density at radius 1 is 1.33 bits per heavy atom. The molecule has 0 aromatic heterocycles. The zero-order valence-electron chi connectivity index (χ0n) is 10.7. The highest BCUT2D eigenvalue weighted by atomic mass is 32.1. The van der Waals surface area contributed by atoms with Gasteiger partial charge in [-0.25, -0.2) is 0 Å². The van der Waals surface area contributed by atoms with E-state index in [2.05, 4.69) is 5.32 Å². The van der Waals surface area contributed by atoms with Crippen molar-refractivity contribution in [3.8, 4) is 0 Å². The van der Waals surface area contributed by atoms with Gasteiger partial charge in [-0.05, 0) is 31.6 Å². The van der Waals surface area contributed by atoms with Crippen LogP contribution in [0.2, 0.25) is 0 Å². The SMILES string of the molecule is NC(=S)C1(C(=O)NCC2CCOCC2)CCCC1. The summed E-state index contributed by atoms with van der Waals surface area (Å²) in [6.07, 6.45) is 5.76. The Labute approximate surface area is 114 Å². The first-order chi connectivity index (χ1) is 8.65. The zero-order chi connectivity index (χ0) is 13.0. The van der Waals surface area contributed by atoms with E-state index in [0.717, 1.165) is 58.3 Å². The van der Waals surface area contributed by atoms with Gasteiger partial charge in [0.05, 0.1) is 10.4 Å². The van der Waals surface area contributed by atoms with Crippen molar-refractivity contribution in [2.75, 3.05) is 19.8 Å². The summed E-state index contributed by atoms with van der Waals surface area (Å²) >= 11 is 5.11. The van der Waals surface area contributed by atoms with Gasteiger partial charge in [0, 0.05) is 19.8 Å². The molecule has 0 radical (unpaired) electrons. The molecule has 0 aromatic rings. The van der Waals surface area contributed by atoms with Crippen LogP contribution in [-0.4, -0.2) is 30.7 Å². The topological polar surface area (TPSA) is 64.4 Å². The Kier molecular flexibility index (Phi) is 4.56. The summed E-state index contributed by atoms with van der Waals surface area (Å²) in [4.78, 5) is 12.7. The number of carbonyl (C=O) groups is 1. The summed E-state index contributed by atoms with van der Waals surface area (Å²) in [6, 6.07) is 0. The molecular weight excluding hydrogens is 248 g/mol. The summed E-state index contributed by atoms with van der Waals surface area (Å²) in [7, 11) is 0. The van der Waals surface area contributed by atoms with E-state index in [0.29, 0.717) is 10.9 Å². The smallest absolute Gasteiger partial charge is 0.233 e. The quantitative estimate of drug-likeness (QED) is 0.757. The number of nitrogens with two attached hydrogens (primary N) is 1. The number of ether oxygens (including phenoxy) is 1. The first-order valence-corrected chi connectivity index (χ1v) is 7.22. The maximum Gasteiger partial charge on any atom is 0.233 e. The molecule has 5 heteroatoms.